The second kappa shape index (κ2) is 7.45. The Balaban J connectivity index is 1.91. The Bertz CT molecular complexity index is 843. The Morgan fingerprint density at radius 2 is 1.96 bits per heavy atom. The molecule has 1 saturated heterocycles. The van der Waals surface area contributed by atoms with Crippen LogP contribution in [0.2, 0.25) is 0 Å². The quantitative estimate of drug-likeness (QED) is 0.655. The lowest BCUT2D eigenvalue weighted by Crippen LogP contribution is -2.40. The van der Waals surface area contributed by atoms with Crippen molar-refractivity contribution in [3.63, 3.8) is 0 Å². The Morgan fingerprint density at radius 1 is 1.30 bits per heavy atom. The minimum absolute atomic E-state index is 0.0655. The van der Waals surface area contributed by atoms with Crippen LogP contribution in [-0.2, 0) is 24.3 Å². The molecule has 10 heteroatoms. The second-order valence-corrected chi connectivity index (χ2v) is 8.36. The molecule has 27 heavy (non-hydrogen) atoms. The van der Waals surface area contributed by atoms with Gasteiger partial charge >= 0.3 is 5.97 Å². The molecule has 9 nitrogen and oxygen atoms in total. The first-order valence-corrected chi connectivity index (χ1v) is 10.1. The van der Waals surface area contributed by atoms with Crippen LogP contribution in [0, 0.1) is 5.41 Å². The second-order valence-electron chi connectivity index (χ2n) is 6.45. The number of carboxylic acids is 1. The summed E-state index contributed by atoms with van der Waals surface area (Å²) in [4.78, 5) is 23.5. The SMILES string of the molecule is CCOc1ccc(NC(=O)C2(C(=O)O)CC2)cc1S(=O)(=O)N1CCOCC1. The molecule has 0 atom stereocenters. The number of rotatable bonds is 7. The van der Waals surface area contributed by atoms with Crippen molar-refractivity contribution in [3.05, 3.63) is 18.2 Å². The molecule has 1 saturated carbocycles. The van der Waals surface area contributed by atoms with Gasteiger partial charge in [0.25, 0.3) is 0 Å². The Morgan fingerprint density at radius 3 is 2.52 bits per heavy atom. The van der Waals surface area contributed by atoms with Crippen LogP contribution in [0.5, 0.6) is 5.75 Å². The van der Waals surface area contributed by atoms with Crippen LogP contribution in [0.25, 0.3) is 0 Å². The molecule has 1 aromatic rings. The summed E-state index contributed by atoms with van der Waals surface area (Å²) >= 11 is 0. The van der Waals surface area contributed by atoms with Gasteiger partial charge in [-0.25, -0.2) is 8.42 Å². The van der Waals surface area contributed by atoms with Crippen LogP contribution in [0.15, 0.2) is 23.1 Å². The lowest BCUT2D eigenvalue weighted by molar-refractivity contribution is -0.147. The maximum absolute atomic E-state index is 13.0. The molecule has 2 N–H and O–H groups in total. The number of amides is 1. The molecule has 0 bridgehead atoms. The number of anilines is 1. The number of carboxylic acid groups (broad SMARTS) is 1. The average Bonchev–Trinajstić information content (AvgIpc) is 3.46. The summed E-state index contributed by atoms with van der Waals surface area (Å²) in [6, 6.07) is 4.28. The molecule has 1 heterocycles. The van der Waals surface area contributed by atoms with E-state index in [0.717, 1.165) is 0 Å². The van der Waals surface area contributed by atoms with Crippen molar-refractivity contribution in [2.45, 2.75) is 24.7 Å². The Hall–Kier alpha value is -2.17. The van der Waals surface area contributed by atoms with Crippen LogP contribution in [0.3, 0.4) is 0 Å². The third kappa shape index (κ3) is 3.78. The number of nitrogens with zero attached hydrogens (tertiary/aromatic N) is 1. The summed E-state index contributed by atoms with van der Waals surface area (Å²) in [7, 11) is -3.85. The Labute approximate surface area is 157 Å². The maximum Gasteiger partial charge on any atom is 0.319 e. The normalized spacial score (nSPS) is 19.3. The zero-order valence-corrected chi connectivity index (χ0v) is 15.8. The van der Waals surface area contributed by atoms with Crippen LogP contribution in [0.1, 0.15) is 19.8 Å². The number of benzene rings is 1. The number of carbonyl (C=O) groups is 2. The number of morpholine rings is 1. The van der Waals surface area contributed by atoms with Crippen LogP contribution < -0.4 is 10.1 Å². The molecule has 1 aliphatic heterocycles. The molecule has 0 unspecified atom stereocenters. The van der Waals surface area contributed by atoms with Crippen molar-refractivity contribution in [3.8, 4) is 5.75 Å². The lowest BCUT2D eigenvalue weighted by atomic mass is 10.1. The van der Waals surface area contributed by atoms with Gasteiger partial charge in [0.05, 0.1) is 19.8 Å². The zero-order valence-electron chi connectivity index (χ0n) is 14.9. The fourth-order valence-electron chi connectivity index (χ4n) is 2.90. The summed E-state index contributed by atoms with van der Waals surface area (Å²) in [6.45, 7) is 3.09. The number of carbonyl (C=O) groups excluding carboxylic acids is 1. The van der Waals surface area contributed by atoms with E-state index in [2.05, 4.69) is 5.32 Å². The highest BCUT2D eigenvalue weighted by Crippen LogP contribution is 2.47. The molecule has 148 valence electrons. The van der Waals surface area contributed by atoms with Crippen molar-refractivity contribution in [1.29, 1.82) is 0 Å². The fourth-order valence-corrected chi connectivity index (χ4v) is 4.47. The highest BCUT2D eigenvalue weighted by molar-refractivity contribution is 7.89. The molecular weight excluding hydrogens is 376 g/mol. The van der Waals surface area contributed by atoms with Gasteiger partial charge in [-0.3, -0.25) is 9.59 Å². The molecule has 2 aliphatic rings. The number of hydrogen-bond acceptors (Lipinski definition) is 6. The Kier molecular flexibility index (Phi) is 5.41. The van der Waals surface area contributed by atoms with Gasteiger partial charge < -0.3 is 19.9 Å². The molecule has 1 aromatic carbocycles. The van der Waals surface area contributed by atoms with E-state index in [0.29, 0.717) is 13.2 Å². The molecule has 2 fully saturated rings. The first kappa shape index (κ1) is 19.6. The molecule has 0 spiro atoms. The monoisotopic (exact) mass is 398 g/mol. The van der Waals surface area contributed by atoms with E-state index in [1.807, 2.05) is 0 Å². The predicted octanol–water partition coefficient (Wildman–Crippen LogP) is 0.909. The minimum atomic E-state index is -3.85. The van der Waals surface area contributed by atoms with Gasteiger partial charge in [-0.2, -0.15) is 4.31 Å². The van der Waals surface area contributed by atoms with E-state index in [9.17, 15) is 23.1 Å². The number of ether oxygens (including phenoxy) is 2. The molecule has 1 aliphatic carbocycles. The smallest absolute Gasteiger partial charge is 0.319 e. The summed E-state index contributed by atoms with van der Waals surface area (Å²) in [5.41, 5.74) is -1.20. The van der Waals surface area contributed by atoms with Gasteiger partial charge in [-0.05, 0) is 38.0 Å². The first-order chi connectivity index (χ1) is 12.8. The topological polar surface area (TPSA) is 122 Å². The number of aliphatic carboxylic acids is 1. The fraction of sp³-hybridized carbons (Fsp3) is 0.529. The van der Waals surface area contributed by atoms with E-state index in [1.54, 1.807) is 6.92 Å². The van der Waals surface area contributed by atoms with E-state index >= 15 is 0 Å². The first-order valence-electron chi connectivity index (χ1n) is 8.71. The van der Waals surface area contributed by atoms with Gasteiger partial charge in [0.15, 0.2) is 0 Å². The van der Waals surface area contributed by atoms with Gasteiger partial charge in [0, 0.05) is 18.8 Å². The van der Waals surface area contributed by atoms with Crippen LogP contribution >= 0.6 is 0 Å². The average molecular weight is 398 g/mol. The maximum atomic E-state index is 13.0. The van der Waals surface area contributed by atoms with Crippen molar-refractivity contribution in [2.75, 3.05) is 38.2 Å². The van der Waals surface area contributed by atoms with Gasteiger partial charge in [0.1, 0.15) is 16.1 Å². The number of nitrogens with one attached hydrogen (secondary N) is 1. The van der Waals surface area contributed by atoms with Crippen molar-refractivity contribution < 1.29 is 32.6 Å². The van der Waals surface area contributed by atoms with E-state index in [4.69, 9.17) is 9.47 Å². The highest BCUT2D eigenvalue weighted by Gasteiger charge is 2.57. The zero-order chi connectivity index (χ0) is 19.7. The van der Waals surface area contributed by atoms with Gasteiger partial charge in [-0.1, -0.05) is 0 Å². The van der Waals surface area contributed by atoms with Crippen LogP contribution in [0.4, 0.5) is 5.69 Å². The van der Waals surface area contributed by atoms with Crippen LogP contribution in [-0.4, -0.2) is 62.6 Å². The molecule has 0 aromatic heterocycles. The summed E-state index contributed by atoms with van der Waals surface area (Å²) in [6.07, 6.45) is 0.536. The molecule has 3 rings (SSSR count). The van der Waals surface area contributed by atoms with Crippen molar-refractivity contribution in [1.82, 2.24) is 4.31 Å². The highest BCUT2D eigenvalue weighted by atomic mass is 32.2. The molecule has 0 radical (unpaired) electrons. The van der Waals surface area contributed by atoms with Gasteiger partial charge in [0.2, 0.25) is 15.9 Å². The predicted molar refractivity (Wildman–Crippen MR) is 95.1 cm³/mol. The largest absolute Gasteiger partial charge is 0.492 e. The number of hydrogen-bond donors (Lipinski definition) is 2. The van der Waals surface area contributed by atoms with Crippen molar-refractivity contribution >= 4 is 27.6 Å². The summed E-state index contributed by atoms with van der Waals surface area (Å²) in [5.74, 6) is -1.64. The van der Waals surface area contributed by atoms with E-state index in [1.165, 1.54) is 22.5 Å². The van der Waals surface area contributed by atoms with Gasteiger partial charge in [-0.15, -0.1) is 0 Å². The summed E-state index contributed by atoms with van der Waals surface area (Å²) in [5, 5.41) is 11.8. The number of sulfonamides is 1. The van der Waals surface area contributed by atoms with Crippen molar-refractivity contribution in [2.24, 2.45) is 5.41 Å². The minimum Gasteiger partial charge on any atom is -0.492 e. The summed E-state index contributed by atoms with van der Waals surface area (Å²) < 4.78 is 38.0. The lowest BCUT2D eigenvalue weighted by Gasteiger charge is -2.27. The van der Waals surface area contributed by atoms with E-state index in [-0.39, 0.29) is 48.9 Å². The third-order valence-electron chi connectivity index (χ3n) is 4.68. The third-order valence-corrected chi connectivity index (χ3v) is 6.60. The standard InChI is InChI=1S/C17H22N2O7S/c1-2-26-13-4-3-12(18-15(20)17(5-6-17)16(21)22)11-14(13)27(23,24)19-7-9-25-10-8-19/h3-4,11H,2,5-10H2,1H3,(H,18,20)(H,21,22). The molecular formula is C17H22N2O7S. The van der Waals surface area contributed by atoms with E-state index < -0.39 is 27.3 Å². The molecule has 1 amide bonds.